The van der Waals surface area contributed by atoms with Crippen molar-refractivity contribution in [1.29, 1.82) is 0 Å². The van der Waals surface area contributed by atoms with Crippen molar-refractivity contribution in [2.45, 2.75) is 56.1 Å². The third kappa shape index (κ3) is 6.91. The van der Waals surface area contributed by atoms with Crippen molar-refractivity contribution >= 4 is 35.2 Å². The van der Waals surface area contributed by atoms with Crippen LogP contribution >= 0.6 is 23.4 Å². The number of carbonyl (C=O) groups excluding carboxylic acids is 2. The van der Waals surface area contributed by atoms with Gasteiger partial charge in [-0.05, 0) is 61.7 Å². The van der Waals surface area contributed by atoms with Crippen LogP contribution in [-0.4, -0.2) is 41.7 Å². The van der Waals surface area contributed by atoms with E-state index in [0.29, 0.717) is 11.6 Å². The number of benzene rings is 2. The third-order valence-electron chi connectivity index (χ3n) is 5.53. The fourth-order valence-corrected chi connectivity index (χ4v) is 4.61. The molecule has 2 aromatic rings. The SMILES string of the molecule is COc1cccc(CN(C(=O)CSc2ccc(Cl)cc2)[C@@H](C)C(=O)NC2CCCC2)c1. The minimum absolute atomic E-state index is 0.0863. The average molecular weight is 461 g/mol. The van der Waals surface area contributed by atoms with Crippen molar-refractivity contribution in [1.82, 2.24) is 10.2 Å². The molecule has 7 heteroatoms. The highest BCUT2D eigenvalue weighted by molar-refractivity contribution is 8.00. The van der Waals surface area contributed by atoms with E-state index in [-0.39, 0.29) is 23.6 Å². The molecule has 0 bridgehead atoms. The highest BCUT2D eigenvalue weighted by Gasteiger charge is 2.28. The first kappa shape index (κ1) is 23.5. The van der Waals surface area contributed by atoms with Crippen LogP contribution in [0.25, 0.3) is 0 Å². The summed E-state index contributed by atoms with van der Waals surface area (Å²) in [5.41, 5.74) is 0.921. The van der Waals surface area contributed by atoms with Gasteiger partial charge in [-0.1, -0.05) is 36.6 Å². The summed E-state index contributed by atoms with van der Waals surface area (Å²) in [5, 5.41) is 3.78. The molecule has 1 N–H and O–H groups in total. The van der Waals surface area contributed by atoms with Gasteiger partial charge < -0.3 is 15.0 Å². The standard InChI is InChI=1S/C24H29ClN2O3S/c1-17(24(29)26-20-7-3-4-8-20)27(15-18-6-5-9-21(14-18)30-2)23(28)16-31-22-12-10-19(25)11-13-22/h5-6,9-14,17,20H,3-4,7-8,15-16H2,1-2H3,(H,26,29)/t17-/m0/s1. The van der Waals surface area contributed by atoms with Crippen LogP contribution in [-0.2, 0) is 16.1 Å². The zero-order valence-corrected chi connectivity index (χ0v) is 19.5. The predicted octanol–water partition coefficient (Wildman–Crippen LogP) is 4.92. The molecule has 2 amide bonds. The Morgan fingerprint density at radius 2 is 1.90 bits per heavy atom. The molecule has 3 rings (SSSR count). The number of ether oxygens (including phenoxy) is 1. The Balaban J connectivity index is 1.72. The first-order chi connectivity index (χ1) is 15.0. The van der Waals surface area contributed by atoms with E-state index in [1.807, 2.05) is 36.4 Å². The molecule has 0 aromatic heterocycles. The van der Waals surface area contributed by atoms with Crippen molar-refractivity contribution in [2.24, 2.45) is 0 Å². The molecule has 0 heterocycles. The fourth-order valence-electron chi connectivity index (χ4n) is 3.70. The van der Waals surface area contributed by atoms with Crippen molar-refractivity contribution in [3.8, 4) is 5.75 Å². The van der Waals surface area contributed by atoms with Crippen LogP contribution in [0.1, 0.15) is 38.2 Å². The Labute approximate surface area is 193 Å². The molecular weight excluding hydrogens is 432 g/mol. The zero-order chi connectivity index (χ0) is 22.2. The molecule has 1 atom stereocenters. The second-order valence-corrected chi connectivity index (χ2v) is 9.27. The van der Waals surface area contributed by atoms with E-state index in [1.165, 1.54) is 11.8 Å². The van der Waals surface area contributed by atoms with Gasteiger partial charge in [-0.25, -0.2) is 0 Å². The summed E-state index contributed by atoms with van der Waals surface area (Å²) in [5.74, 6) is 0.784. The van der Waals surface area contributed by atoms with Gasteiger partial charge in [0.1, 0.15) is 11.8 Å². The van der Waals surface area contributed by atoms with Crippen molar-refractivity contribution in [3.05, 3.63) is 59.1 Å². The Hall–Kier alpha value is -2.18. The lowest BCUT2D eigenvalue weighted by molar-refractivity contribution is -0.138. The van der Waals surface area contributed by atoms with E-state index < -0.39 is 6.04 Å². The highest BCUT2D eigenvalue weighted by atomic mass is 35.5. The molecule has 0 saturated heterocycles. The molecule has 0 aliphatic heterocycles. The lowest BCUT2D eigenvalue weighted by Crippen LogP contribution is -2.50. The maximum absolute atomic E-state index is 13.2. The summed E-state index contributed by atoms with van der Waals surface area (Å²) in [6.45, 7) is 2.14. The van der Waals surface area contributed by atoms with E-state index in [2.05, 4.69) is 5.32 Å². The minimum Gasteiger partial charge on any atom is -0.497 e. The largest absolute Gasteiger partial charge is 0.497 e. The van der Waals surface area contributed by atoms with Gasteiger partial charge in [0.15, 0.2) is 0 Å². The number of nitrogens with one attached hydrogen (secondary N) is 1. The Bertz CT molecular complexity index is 885. The van der Waals surface area contributed by atoms with Gasteiger partial charge >= 0.3 is 0 Å². The average Bonchev–Trinajstić information content (AvgIpc) is 3.29. The molecule has 0 spiro atoms. The first-order valence-corrected chi connectivity index (χ1v) is 11.9. The lowest BCUT2D eigenvalue weighted by Gasteiger charge is -2.29. The van der Waals surface area contributed by atoms with Crippen molar-refractivity contribution in [2.75, 3.05) is 12.9 Å². The number of amides is 2. The summed E-state index contributed by atoms with van der Waals surface area (Å²) < 4.78 is 5.31. The molecule has 31 heavy (non-hydrogen) atoms. The van der Waals surface area contributed by atoms with E-state index in [4.69, 9.17) is 16.3 Å². The van der Waals surface area contributed by atoms with Gasteiger partial charge in [0.25, 0.3) is 0 Å². The smallest absolute Gasteiger partial charge is 0.242 e. The van der Waals surface area contributed by atoms with Crippen LogP contribution in [0.5, 0.6) is 5.75 Å². The summed E-state index contributed by atoms with van der Waals surface area (Å²) >= 11 is 7.39. The van der Waals surface area contributed by atoms with E-state index >= 15 is 0 Å². The molecule has 5 nitrogen and oxygen atoms in total. The molecule has 166 valence electrons. The van der Waals surface area contributed by atoms with E-state index in [9.17, 15) is 9.59 Å². The van der Waals surface area contributed by atoms with Gasteiger partial charge in [-0.2, -0.15) is 0 Å². The number of thioether (sulfide) groups is 1. The third-order valence-corrected chi connectivity index (χ3v) is 6.78. The van der Waals surface area contributed by atoms with Crippen molar-refractivity contribution in [3.63, 3.8) is 0 Å². The van der Waals surface area contributed by atoms with Crippen LogP contribution in [0, 0.1) is 0 Å². The summed E-state index contributed by atoms with van der Waals surface area (Å²) in [6.07, 6.45) is 4.30. The number of nitrogens with zero attached hydrogens (tertiary/aromatic N) is 1. The fraction of sp³-hybridized carbons (Fsp3) is 0.417. The Morgan fingerprint density at radius 1 is 1.19 bits per heavy atom. The quantitative estimate of drug-likeness (QED) is 0.540. The van der Waals surface area contributed by atoms with Gasteiger partial charge in [-0.15, -0.1) is 11.8 Å². The van der Waals surface area contributed by atoms with Gasteiger partial charge in [0.05, 0.1) is 12.9 Å². The predicted molar refractivity (Wildman–Crippen MR) is 126 cm³/mol. The van der Waals surface area contributed by atoms with Crippen LogP contribution in [0.4, 0.5) is 0 Å². The molecule has 0 unspecified atom stereocenters. The van der Waals surface area contributed by atoms with E-state index in [1.54, 1.807) is 31.1 Å². The number of hydrogen-bond acceptors (Lipinski definition) is 4. The number of halogens is 1. The number of hydrogen-bond donors (Lipinski definition) is 1. The first-order valence-electron chi connectivity index (χ1n) is 10.6. The van der Waals surface area contributed by atoms with E-state index in [0.717, 1.165) is 41.9 Å². The normalized spacial score (nSPS) is 14.8. The summed E-state index contributed by atoms with van der Waals surface area (Å²) in [6, 6.07) is 14.6. The summed E-state index contributed by atoms with van der Waals surface area (Å²) in [7, 11) is 1.61. The molecular formula is C24H29ClN2O3S. The minimum atomic E-state index is -0.565. The highest BCUT2D eigenvalue weighted by Crippen LogP contribution is 2.23. The molecule has 0 radical (unpaired) electrons. The Kier molecular flexibility index (Phi) is 8.67. The number of methoxy groups -OCH3 is 1. The molecule has 1 saturated carbocycles. The topological polar surface area (TPSA) is 58.6 Å². The Morgan fingerprint density at radius 3 is 2.58 bits per heavy atom. The number of carbonyl (C=O) groups is 2. The van der Waals surface area contributed by atoms with Gasteiger partial charge in [0, 0.05) is 22.5 Å². The maximum atomic E-state index is 13.2. The van der Waals surface area contributed by atoms with Crippen LogP contribution in [0.3, 0.4) is 0 Å². The van der Waals surface area contributed by atoms with Crippen molar-refractivity contribution < 1.29 is 14.3 Å². The monoisotopic (exact) mass is 460 g/mol. The lowest BCUT2D eigenvalue weighted by atomic mass is 10.1. The molecule has 2 aromatic carbocycles. The second kappa shape index (κ2) is 11.4. The second-order valence-electron chi connectivity index (χ2n) is 7.78. The van der Waals surface area contributed by atoms with Crippen LogP contribution in [0.2, 0.25) is 5.02 Å². The number of rotatable bonds is 9. The van der Waals surface area contributed by atoms with Crippen LogP contribution < -0.4 is 10.1 Å². The molecule has 1 aliphatic carbocycles. The van der Waals surface area contributed by atoms with Crippen LogP contribution in [0.15, 0.2) is 53.4 Å². The summed E-state index contributed by atoms with van der Waals surface area (Å²) in [4.78, 5) is 28.7. The molecule has 1 fully saturated rings. The van der Waals surface area contributed by atoms with Gasteiger partial charge in [-0.3, -0.25) is 9.59 Å². The zero-order valence-electron chi connectivity index (χ0n) is 18.0. The maximum Gasteiger partial charge on any atom is 0.242 e. The molecule has 1 aliphatic rings. The van der Waals surface area contributed by atoms with Gasteiger partial charge in [0.2, 0.25) is 11.8 Å².